The summed E-state index contributed by atoms with van der Waals surface area (Å²) in [4.78, 5) is 0. The minimum Gasteiger partial charge on any atom is -0.226 e. The van der Waals surface area contributed by atoms with E-state index in [0.29, 0.717) is 0 Å². The highest BCUT2D eigenvalue weighted by Gasteiger charge is 2.41. The van der Waals surface area contributed by atoms with Gasteiger partial charge in [-0.2, -0.15) is 0 Å². The molecule has 0 bridgehead atoms. The predicted octanol–water partition coefficient (Wildman–Crippen LogP) is 8.99. The third-order valence-corrected chi connectivity index (χ3v) is 6.78. The topological polar surface area (TPSA) is 0 Å². The summed E-state index contributed by atoms with van der Waals surface area (Å²) in [6.07, 6.45) is 15.3. The minimum absolute atomic E-state index is 0.163. The molecule has 1 aromatic carbocycles. The maximum Gasteiger partial charge on any atom is 0.207 e. The van der Waals surface area contributed by atoms with Gasteiger partial charge in [0.2, 0.25) is 5.67 Å². The first-order chi connectivity index (χ1) is 14.0. The van der Waals surface area contributed by atoms with Crippen molar-refractivity contribution >= 4 is 0 Å². The van der Waals surface area contributed by atoms with Crippen LogP contribution in [0.2, 0.25) is 0 Å². The first kappa shape index (κ1) is 22.2. The summed E-state index contributed by atoms with van der Waals surface area (Å²) in [6.45, 7) is 2.24. The van der Waals surface area contributed by atoms with Crippen molar-refractivity contribution in [2.24, 2.45) is 5.92 Å². The SMILES string of the molecule is CCCCCCCC[C@H]1CC[C@H](c2ccccc2C2(F)C=C(F)CC=C2F)CC1. The molecular formula is C26H35F3. The Hall–Kier alpha value is -1.51. The highest BCUT2D eigenvalue weighted by atomic mass is 19.2. The van der Waals surface area contributed by atoms with Crippen LogP contribution in [0.5, 0.6) is 0 Å². The maximum absolute atomic E-state index is 15.6. The van der Waals surface area contributed by atoms with E-state index in [4.69, 9.17) is 0 Å². The van der Waals surface area contributed by atoms with Gasteiger partial charge in [-0.05, 0) is 55.2 Å². The average molecular weight is 405 g/mol. The first-order valence-electron chi connectivity index (χ1n) is 11.6. The Kier molecular flexibility index (Phi) is 8.03. The van der Waals surface area contributed by atoms with Gasteiger partial charge in [0.1, 0.15) is 11.7 Å². The second kappa shape index (κ2) is 10.5. The van der Waals surface area contributed by atoms with Crippen molar-refractivity contribution in [3.05, 3.63) is 59.2 Å². The van der Waals surface area contributed by atoms with Crippen LogP contribution < -0.4 is 0 Å². The molecule has 0 amide bonds. The molecule has 0 spiro atoms. The molecule has 29 heavy (non-hydrogen) atoms. The van der Waals surface area contributed by atoms with Crippen molar-refractivity contribution in [2.45, 2.75) is 95.6 Å². The van der Waals surface area contributed by atoms with E-state index in [1.807, 2.05) is 12.1 Å². The van der Waals surface area contributed by atoms with Crippen molar-refractivity contribution in [3.8, 4) is 0 Å². The standard InChI is InChI=1S/C26H35F3/c1-2-3-4-5-6-7-10-20-13-15-21(16-14-20)23-11-8-9-12-24(23)26(29)19-22(27)17-18-25(26)28/h8-9,11-12,18-21H,2-7,10,13-17H2,1H3/t20-,21-,26?. The second-order valence-electron chi connectivity index (χ2n) is 8.92. The fourth-order valence-corrected chi connectivity index (χ4v) is 5.05. The molecule has 0 aliphatic heterocycles. The number of allylic oxidation sites excluding steroid dienone is 4. The van der Waals surface area contributed by atoms with Gasteiger partial charge in [0.05, 0.1) is 0 Å². The summed E-state index contributed by atoms with van der Waals surface area (Å²) in [5.74, 6) is -0.507. The zero-order chi connectivity index (χ0) is 20.7. The van der Waals surface area contributed by atoms with Crippen LogP contribution >= 0.6 is 0 Å². The van der Waals surface area contributed by atoms with Gasteiger partial charge in [0.15, 0.2) is 0 Å². The zero-order valence-electron chi connectivity index (χ0n) is 17.7. The number of benzene rings is 1. The van der Waals surface area contributed by atoms with Crippen molar-refractivity contribution < 1.29 is 13.2 Å². The summed E-state index contributed by atoms with van der Waals surface area (Å²) < 4.78 is 43.8. The van der Waals surface area contributed by atoms with Crippen molar-refractivity contribution in [1.29, 1.82) is 0 Å². The average Bonchev–Trinajstić information content (AvgIpc) is 2.74. The molecule has 2 aliphatic carbocycles. The van der Waals surface area contributed by atoms with Crippen LogP contribution in [-0.2, 0) is 5.67 Å². The lowest BCUT2D eigenvalue weighted by Gasteiger charge is -2.33. The van der Waals surface area contributed by atoms with Crippen LogP contribution in [-0.4, -0.2) is 0 Å². The molecule has 0 N–H and O–H groups in total. The smallest absolute Gasteiger partial charge is 0.207 e. The van der Waals surface area contributed by atoms with E-state index in [1.165, 1.54) is 44.9 Å². The summed E-state index contributed by atoms with van der Waals surface area (Å²) in [5, 5.41) is 0. The minimum atomic E-state index is -2.46. The Labute approximate surface area is 174 Å². The van der Waals surface area contributed by atoms with Gasteiger partial charge in [0.25, 0.3) is 0 Å². The Morgan fingerprint density at radius 3 is 2.38 bits per heavy atom. The van der Waals surface area contributed by atoms with E-state index in [-0.39, 0.29) is 17.9 Å². The Bertz CT molecular complexity index is 712. The van der Waals surface area contributed by atoms with Gasteiger partial charge in [-0.15, -0.1) is 0 Å². The molecule has 0 radical (unpaired) electrons. The molecule has 160 valence electrons. The highest BCUT2D eigenvalue weighted by Crippen LogP contribution is 2.47. The number of hydrogen-bond donors (Lipinski definition) is 0. The van der Waals surface area contributed by atoms with Gasteiger partial charge in [-0.3, -0.25) is 0 Å². The van der Waals surface area contributed by atoms with E-state index in [0.717, 1.165) is 49.3 Å². The highest BCUT2D eigenvalue weighted by molar-refractivity contribution is 5.45. The van der Waals surface area contributed by atoms with Gasteiger partial charge < -0.3 is 0 Å². The Balaban J connectivity index is 1.60. The number of rotatable bonds is 9. The lowest BCUT2D eigenvalue weighted by Crippen LogP contribution is -2.25. The van der Waals surface area contributed by atoms with Crippen LogP contribution in [0.3, 0.4) is 0 Å². The molecule has 1 fully saturated rings. The Morgan fingerprint density at radius 1 is 0.931 bits per heavy atom. The van der Waals surface area contributed by atoms with E-state index in [2.05, 4.69) is 6.92 Å². The molecule has 2 aliphatic rings. The van der Waals surface area contributed by atoms with Crippen LogP contribution in [0.1, 0.15) is 101 Å². The zero-order valence-corrected chi connectivity index (χ0v) is 17.7. The normalized spacial score (nSPS) is 27.4. The molecule has 1 atom stereocenters. The third kappa shape index (κ3) is 5.55. The van der Waals surface area contributed by atoms with Crippen LogP contribution in [0.15, 0.2) is 48.1 Å². The monoisotopic (exact) mass is 404 g/mol. The largest absolute Gasteiger partial charge is 0.226 e. The molecule has 3 heteroatoms. The van der Waals surface area contributed by atoms with Crippen LogP contribution in [0.4, 0.5) is 13.2 Å². The lowest BCUT2D eigenvalue weighted by atomic mass is 9.73. The van der Waals surface area contributed by atoms with Crippen molar-refractivity contribution in [3.63, 3.8) is 0 Å². The first-order valence-corrected chi connectivity index (χ1v) is 11.6. The summed E-state index contributed by atoms with van der Waals surface area (Å²) in [6, 6.07) is 7.14. The third-order valence-electron chi connectivity index (χ3n) is 6.78. The van der Waals surface area contributed by atoms with E-state index in [9.17, 15) is 8.78 Å². The fraction of sp³-hybridized carbons (Fsp3) is 0.615. The summed E-state index contributed by atoms with van der Waals surface area (Å²) in [7, 11) is 0. The van der Waals surface area contributed by atoms with E-state index < -0.39 is 17.3 Å². The van der Waals surface area contributed by atoms with Gasteiger partial charge in [0, 0.05) is 12.0 Å². The fourth-order valence-electron chi connectivity index (χ4n) is 5.05. The molecule has 1 saturated carbocycles. The van der Waals surface area contributed by atoms with Crippen molar-refractivity contribution in [1.82, 2.24) is 0 Å². The molecule has 3 rings (SSSR count). The van der Waals surface area contributed by atoms with E-state index in [1.54, 1.807) is 12.1 Å². The quantitative estimate of drug-likeness (QED) is 0.360. The number of unbranched alkanes of at least 4 members (excludes halogenated alkanes) is 5. The van der Waals surface area contributed by atoms with Gasteiger partial charge in [-0.1, -0.05) is 76.1 Å². The number of alkyl halides is 1. The summed E-state index contributed by atoms with van der Waals surface area (Å²) in [5.41, 5.74) is -1.33. The van der Waals surface area contributed by atoms with Crippen LogP contribution in [0.25, 0.3) is 0 Å². The maximum atomic E-state index is 15.6. The molecule has 0 heterocycles. The predicted molar refractivity (Wildman–Crippen MR) is 115 cm³/mol. The number of hydrogen-bond acceptors (Lipinski definition) is 0. The van der Waals surface area contributed by atoms with Gasteiger partial charge in [-0.25, -0.2) is 13.2 Å². The molecule has 0 saturated heterocycles. The Morgan fingerprint density at radius 2 is 1.62 bits per heavy atom. The molecule has 0 aromatic heterocycles. The second-order valence-corrected chi connectivity index (χ2v) is 8.92. The molecule has 1 aromatic rings. The van der Waals surface area contributed by atoms with Gasteiger partial charge >= 0.3 is 0 Å². The van der Waals surface area contributed by atoms with Crippen LogP contribution in [0, 0.1) is 5.92 Å². The van der Waals surface area contributed by atoms with E-state index >= 15 is 4.39 Å². The molecular weight excluding hydrogens is 369 g/mol. The van der Waals surface area contributed by atoms with Crippen molar-refractivity contribution in [2.75, 3.05) is 0 Å². The summed E-state index contributed by atoms with van der Waals surface area (Å²) >= 11 is 0. The lowest BCUT2D eigenvalue weighted by molar-refractivity contribution is 0.223. The molecule has 1 unspecified atom stereocenters. The molecule has 0 nitrogen and oxygen atoms in total. The number of halogens is 3.